The maximum atomic E-state index is 10.8. The molecule has 0 rings (SSSR count). The minimum absolute atomic E-state index is 0.0324. The number of halogens is 2. The molecule has 0 aliphatic heterocycles. The van der Waals surface area contributed by atoms with Crippen LogP contribution in [0, 0.1) is 0 Å². The number of hydrogen-bond acceptors (Lipinski definition) is 1. The molecule has 60 valence electrons. The molecule has 0 aliphatic carbocycles. The van der Waals surface area contributed by atoms with Crippen LogP contribution in [0.2, 0.25) is 0 Å². The molecule has 0 aromatic carbocycles. The highest BCUT2D eigenvalue weighted by Crippen LogP contribution is 2.08. The molecule has 4 heteroatoms. The summed E-state index contributed by atoms with van der Waals surface area (Å²) in [6, 6.07) is 0. The van der Waals surface area contributed by atoms with E-state index in [-0.39, 0.29) is 10.7 Å². The van der Waals surface area contributed by atoms with Crippen molar-refractivity contribution in [2.45, 2.75) is 17.7 Å². The first-order valence-electron chi connectivity index (χ1n) is 3.14. The van der Waals surface area contributed by atoms with Gasteiger partial charge in [-0.2, -0.15) is 0 Å². The summed E-state index contributed by atoms with van der Waals surface area (Å²) in [6.07, 6.45) is 1.90. The summed E-state index contributed by atoms with van der Waals surface area (Å²) in [6.45, 7) is 0. The van der Waals surface area contributed by atoms with Crippen molar-refractivity contribution >= 4 is 37.8 Å². The van der Waals surface area contributed by atoms with Gasteiger partial charge < -0.3 is 5.32 Å². The van der Waals surface area contributed by atoms with Crippen molar-refractivity contribution in [1.29, 1.82) is 0 Å². The van der Waals surface area contributed by atoms with Crippen molar-refractivity contribution in [3.8, 4) is 0 Å². The summed E-state index contributed by atoms with van der Waals surface area (Å²) in [5.74, 6) is 0.0564. The maximum Gasteiger partial charge on any atom is 0.233 e. The van der Waals surface area contributed by atoms with E-state index in [2.05, 4.69) is 37.2 Å². The van der Waals surface area contributed by atoms with Crippen LogP contribution in [-0.4, -0.2) is 23.1 Å². The summed E-state index contributed by atoms with van der Waals surface area (Å²) < 4.78 is 0. The topological polar surface area (TPSA) is 29.1 Å². The Balaban J connectivity index is 3.41. The van der Waals surface area contributed by atoms with Crippen molar-refractivity contribution in [2.75, 3.05) is 12.4 Å². The fourth-order valence-corrected chi connectivity index (χ4v) is 1.42. The average Bonchev–Trinajstić information content (AvgIpc) is 1.98. The summed E-state index contributed by atoms with van der Waals surface area (Å²) in [4.78, 5) is 10.8. The number of hydrogen-bond donors (Lipinski definition) is 1. The van der Waals surface area contributed by atoms with E-state index >= 15 is 0 Å². The predicted molar refractivity (Wildman–Crippen MR) is 49.8 cm³/mol. The van der Waals surface area contributed by atoms with Gasteiger partial charge in [0.15, 0.2) is 0 Å². The number of amides is 1. The van der Waals surface area contributed by atoms with E-state index in [9.17, 15) is 4.79 Å². The van der Waals surface area contributed by atoms with E-state index in [0.717, 1.165) is 18.2 Å². The molecule has 0 unspecified atom stereocenters. The molecule has 0 aromatic rings. The van der Waals surface area contributed by atoms with Gasteiger partial charge in [-0.05, 0) is 12.8 Å². The number of carbonyl (C=O) groups is 1. The highest BCUT2D eigenvalue weighted by Gasteiger charge is 2.10. The first-order chi connectivity index (χ1) is 4.72. The smallest absolute Gasteiger partial charge is 0.233 e. The monoisotopic (exact) mass is 271 g/mol. The first kappa shape index (κ1) is 10.4. The molecule has 0 aliphatic rings. The SMILES string of the molecule is CNC(=O)[C@H](Br)CCCBr. The minimum Gasteiger partial charge on any atom is -0.358 e. The number of rotatable bonds is 4. The second-order valence-electron chi connectivity index (χ2n) is 1.91. The van der Waals surface area contributed by atoms with Gasteiger partial charge in [0.25, 0.3) is 0 Å². The van der Waals surface area contributed by atoms with E-state index in [0.29, 0.717) is 0 Å². The van der Waals surface area contributed by atoms with Gasteiger partial charge in [0.1, 0.15) is 0 Å². The lowest BCUT2D eigenvalue weighted by molar-refractivity contribution is -0.120. The standard InChI is InChI=1S/C6H11Br2NO/c1-9-6(10)5(8)3-2-4-7/h5H,2-4H2,1H3,(H,9,10)/t5-/m1/s1. The van der Waals surface area contributed by atoms with Gasteiger partial charge in [0, 0.05) is 12.4 Å². The van der Waals surface area contributed by atoms with E-state index in [1.807, 2.05) is 0 Å². The Morgan fingerprint density at radius 1 is 1.70 bits per heavy atom. The zero-order valence-corrected chi connectivity index (χ0v) is 9.03. The fourth-order valence-electron chi connectivity index (χ4n) is 0.544. The van der Waals surface area contributed by atoms with Gasteiger partial charge >= 0.3 is 0 Å². The second kappa shape index (κ2) is 6.16. The Morgan fingerprint density at radius 2 is 2.30 bits per heavy atom. The van der Waals surface area contributed by atoms with E-state index in [4.69, 9.17) is 0 Å². The zero-order chi connectivity index (χ0) is 7.98. The summed E-state index contributed by atoms with van der Waals surface area (Å²) in [5, 5.41) is 3.52. The van der Waals surface area contributed by atoms with Crippen molar-refractivity contribution in [1.82, 2.24) is 5.32 Å². The van der Waals surface area contributed by atoms with E-state index < -0.39 is 0 Å². The molecule has 0 heterocycles. The Kier molecular flexibility index (Phi) is 6.43. The largest absolute Gasteiger partial charge is 0.358 e. The molecule has 2 nitrogen and oxygen atoms in total. The molecule has 0 radical (unpaired) electrons. The molecule has 1 amide bonds. The molecule has 0 aromatic heterocycles. The number of carbonyl (C=O) groups excluding carboxylic acids is 1. The van der Waals surface area contributed by atoms with Crippen LogP contribution in [0.1, 0.15) is 12.8 Å². The maximum absolute atomic E-state index is 10.8. The van der Waals surface area contributed by atoms with Crippen LogP contribution in [0.3, 0.4) is 0 Å². The molecule has 1 N–H and O–H groups in total. The van der Waals surface area contributed by atoms with Crippen molar-refractivity contribution in [3.05, 3.63) is 0 Å². The Bertz CT molecular complexity index is 108. The van der Waals surface area contributed by atoms with Gasteiger partial charge in [-0.3, -0.25) is 4.79 Å². The van der Waals surface area contributed by atoms with Crippen LogP contribution < -0.4 is 5.32 Å². The summed E-state index contributed by atoms with van der Waals surface area (Å²) in [5.41, 5.74) is 0. The Hall–Kier alpha value is 0.430. The van der Waals surface area contributed by atoms with Gasteiger partial charge in [0.05, 0.1) is 4.83 Å². The van der Waals surface area contributed by atoms with Crippen molar-refractivity contribution in [2.24, 2.45) is 0 Å². The molecular weight excluding hydrogens is 262 g/mol. The summed E-state index contributed by atoms with van der Waals surface area (Å²) in [7, 11) is 1.64. The zero-order valence-electron chi connectivity index (χ0n) is 5.86. The average molecular weight is 273 g/mol. The van der Waals surface area contributed by atoms with Gasteiger partial charge in [0.2, 0.25) is 5.91 Å². The molecule has 0 fully saturated rings. The molecule has 0 bridgehead atoms. The Morgan fingerprint density at radius 3 is 2.70 bits per heavy atom. The molecule has 0 saturated heterocycles. The lowest BCUT2D eigenvalue weighted by Gasteiger charge is -2.05. The molecule has 10 heavy (non-hydrogen) atoms. The summed E-state index contributed by atoms with van der Waals surface area (Å²) >= 11 is 6.57. The highest BCUT2D eigenvalue weighted by atomic mass is 79.9. The van der Waals surface area contributed by atoms with Crippen LogP contribution in [0.25, 0.3) is 0 Å². The van der Waals surface area contributed by atoms with Crippen LogP contribution >= 0.6 is 31.9 Å². The third-order valence-electron chi connectivity index (χ3n) is 1.12. The van der Waals surface area contributed by atoms with Crippen LogP contribution in [0.5, 0.6) is 0 Å². The fraction of sp³-hybridized carbons (Fsp3) is 0.833. The highest BCUT2D eigenvalue weighted by molar-refractivity contribution is 9.10. The van der Waals surface area contributed by atoms with E-state index in [1.54, 1.807) is 7.05 Å². The minimum atomic E-state index is -0.0324. The Labute approximate surface area is 78.0 Å². The molecular formula is C6H11Br2NO. The van der Waals surface area contributed by atoms with Crippen molar-refractivity contribution < 1.29 is 4.79 Å². The van der Waals surface area contributed by atoms with Crippen LogP contribution in [-0.2, 0) is 4.79 Å². The van der Waals surface area contributed by atoms with Gasteiger partial charge in [-0.15, -0.1) is 0 Å². The molecule has 0 saturated carbocycles. The van der Waals surface area contributed by atoms with Gasteiger partial charge in [-0.25, -0.2) is 0 Å². The number of nitrogens with one attached hydrogen (secondary N) is 1. The van der Waals surface area contributed by atoms with Gasteiger partial charge in [-0.1, -0.05) is 31.9 Å². The third-order valence-corrected chi connectivity index (χ3v) is 2.56. The third kappa shape index (κ3) is 4.28. The number of alkyl halides is 2. The second-order valence-corrected chi connectivity index (χ2v) is 3.81. The molecule has 0 spiro atoms. The lowest BCUT2D eigenvalue weighted by atomic mass is 10.2. The predicted octanol–water partition coefficient (Wildman–Crippen LogP) is 1.67. The van der Waals surface area contributed by atoms with E-state index in [1.165, 1.54) is 0 Å². The van der Waals surface area contributed by atoms with Crippen molar-refractivity contribution in [3.63, 3.8) is 0 Å². The molecule has 1 atom stereocenters. The lowest BCUT2D eigenvalue weighted by Crippen LogP contribution is -2.27. The quantitative estimate of drug-likeness (QED) is 0.775. The van der Waals surface area contributed by atoms with Crippen LogP contribution in [0.4, 0.5) is 0 Å². The first-order valence-corrected chi connectivity index (χ1v) is 5.17. The van der Waals surface area contributed by atoms with Crippen LogP contribution in [0.15, 0.2) is 0 Å². The normalized spacial score (nSPS) is 12.7.